The molecule has 1 heterocycles. The molecule has 0 radical (unpaired) electrons. The van der Waals surface area contributed by atoms with Crippen LogP contribution < -0.4 is 11.1 Å². The summed E-state index contributed by atoms with van der Waals surface area (Å²) < 4.78 is 2.77. The molecular weight excluding hydrogens is 368 g/mol. The van der Waals surface area contributed by atoms with E-state index in [1.54, 1.807) is 10.9 Å². The first-order chi connectivity index (χ1) is 11.6. The van der Waals surface area contributed by atoms with Crippen molar-refractivity contribution in [3.8, 4) is 5.69 Å². The third-order valence-electron chi connectivity index (χ3n) is 4.84. The van der Waals surface area contributed by atoms with E-state index in [1.165, 1.54) is 6.42 Å². The Labute approximate surface area is 150 Å². The number of carbonyl (C=O) groups excluding carboxylic acids is 1. The number of amides is 1. The summed E-state index contributed by atoms with van der Waals surface area (Å²) in [5.74, 6) is 0.322. The SMILES string of the molecule is Cc1c(C(=O)NC2CCCCC2CN)cnn1-c1cccc(Br)c1. The maximum atomic E-state index is 12.7. The Balaban J connectivity index is 1.79. The molecule has 2 unspecified atom stereocenters. The van der Waals surface area contributed by atoms with Crippen LogP contribution in [0.1, 0.15) is 41.7 Å². The Kier molecular flexibility index (Phi) is 5.36. The number of nitrogens with two attached hydrogens (primary N) is 1. The third kappa shape index (κ3) is 3.54. The highest BCUT2D eigenvalue weighted by Gasteiger charge is 2.26. The van der Waals surface area contributed by atoms with Gasteiger partial charge in [0.15, 0.2) is 0 Å². The number of aromatic nitrogens is 2. The minimum Gasteiger partial charge on any atom is -0.349 e. The first kappa shape index (κ1) is 17.2. The molecule has 3 N–H and O–H groups in total. The van der Waals surface area contributed by atoms with Crippen molar-refractivity contribution in [1.82, 2.24) is 15.1 Å². The van der Waals surface area contributed by atoms with Crippen molar-refractivity contribution in [3.63, 3.8) is 0 Å². The van der Waals surface area contributed by atoms with Crippen molar-refractivity contribution in [1.29, 1.82) is 0 Å². The number of rotatable bonds is 4. The van der Waals surface area contributed by atoms with Gasteiger partial charge in [0.2, 0.25) is 0 Å². The van der Waals surface area contributed by atoms with Gasteiger partial charge in [-0.15, -0.1) is 0 Å². The Morgan fingerprint density at radius 3 is 2.96 bits per heavy atom. The van der Waals surface area contributed by atoms with E-state index in [1.807, 2.05) is 31.2 Å². The standard InChI is InChI=1S/C18H23BrN4O/c1-12-16(11-21-23(12)15-7-4-6-14(19)9-15)18(24)22-17-8-3-2-5-13(17)10-20/h4,6-7,9,11,13,17H,2-3,5,8,10,20H2,1H3,(H,22,24). The number of benzene rings is 1. The van der Waals surface area contributed by atoms with Crippen molar-refractivity contribution >= 4 is 21.8 Å². The molecule has 2 aromatic rings. The van der Waals surface area contributed by atoms with E-state index in [2.05, 4.69) is 26.3 Å². The average molecular weight is 391 g/mol. The van der Waals surface area contributed by atoms with Crippen LogP contribution >= 0.6 is 15.9 Å². The summed E-state index contributed by atoms with van der Waals surface area (Å²) >= 11 is 3.47. The molecule has 2 atom stereocenters. The van der Waals surface area contributed by atoms with Crippen LogP contribution in [-0.4, -0.2) is 28.3 Å². The summed E-state index contributed by atoms with van der Waals surface area (Å²) in [5, 5.41) is 7.56. The predicted molar refractivity (Wildman–Crippen MR) is 98.3 cm³/mol. The van der Waals surface area contributed by atoms with Crippen molar-refractivity contribution in [2.75, 3.05) is 6.54 Å². The molecule has 1 saturated carbocycles. The van der Waals surface area contributed by atoms with Gasteiger partial charge in [-0.25, -0.2) is 4.68 Å². The zero-order chi connectivity index (χ0) is 17.1. The molecule has 1 aromatic heterocycles. The van der Waals surface area contributed by atoms with Gasteiger partial charge in [-0.1, -0.05) is 34.8 Å². The smallest absolute Gasteiger partial charge is 0.254 e. The molecule has 6 heteroatoms. The molecule has 1 aliphatic carbocycles. The maximum Gasteiger partial charge on any atom is 0.254 e. The zero-order valence-corrected chi connectivity index (χ0v) is 15.4. The average Bonchev–Trinajstić information content (AvgIpc) is 2.97. The van der Waals surface area contributed by atoms with Crippen LogP contribution in [0.2, 0.25) is 0 Å². The van der Waals surface area contributed by atoms with Gasteiger partial charge in [0.1, 0.15) is 0 Å². The lowest BCUT2D eigenvalue weighted by Gasteiger charge is -2.31. The molecule has 5 nitrogen and oxygen atoms in total. The molecule has 0 aliphatic heterocycles. The van der Waals surface area contributed by atoms with E-state index in [-0.39, 0.29) is 11.9 Å². The van der Waals surface area contributed by atoms with Crippen LogP contribution in [0.25, 0.3) is 5.69 Å². The van der Waals surface area contributed by atoms with E-state index in [0.29, 0.717) is 18.0 Å². The normalized spacial score (nSPS) is 20.8. The summed E-state index contributed by atoms with van der Waals surface area (Å²) in [6.45, 7) is 2.55. The Hall–Kier alpha value is -1.66. The van der Waals surface area contributed by atoms with Crippen molar-refractivity contribution in [3.05, 3.63) is 46.2 Å². The monoisotopic (exact) mass is 390 g/mol. The number of halogens is 1. The number of nitrogens with one attached hydrogen (secondary N) is 1. The van der Waals surface area contributed by atoms with Crippen LogP contribution in [0.15, 0.2) is 34.9 Å². The summed E-state index contributed by atoms with van der Waals surface area (Å²) in [4.78, 5) is 12.7. The molecule has 0 spiro atoms. The molecule has 1 amide bonds. The first-order valence-electron chi connectivity index (χ1n) is 8.41. The Morgan fingerprint density at radius 2 is 2.21 bits per heavy atom. The summed E-state index contributed by atoms with van der Waals surface area (Å²) in [5.41, 5.74) is 8.25. The van der Waals surface area contributed by atoms with Crippen LogP contribution in [-0.2, 0) is 0 Å². The summed E-state index contributed by atoms with van der Waals surface area (Å²) in [7, 11) is 0. The number of nitrogens with zero attached hydrogens (tertiary/aromatic N) is 2. The maximum absolute atomic E-state index is 12.7. The number of carbonyl (C=O) groups is 1. The topological polar surface area (TPSA) is 72.9 Å². The second kappa shape index (κ2) is 7.49. The molecule has 3 rings (SSSR count). The Morgan fingerprint density at radius 1 is 1.42 bits per heavy atom. The molecule has 0 saturated heterocycles. The predicted octanol–water partition coefficient (Wildman–Crippen LogP) is 3.19. The van der Waals surface area contributed by atoms with E-state index < -0.39 is 0 Å². The molecule has 128 valence electrons. The van der Waals surface area contributed by atoms with Crippen LogP contribution in [0, 0.1) is 12.8 Å². The fourth-order valence-corrected chi connectivity index (χ4v) is 3.81. The highest BCUT2D eigenvalue weighted by atomic mass is 79.9. The lowest BCUT2D eigenvalue weighted by atomic mass is 9.84. The lowest BCUT2D eigenvalue weighted by Crippen LogP contribution is -2.44. The van der Waals surface area contributed by atoms with E-state index in [0.717, 1.165) is 35.1 Å². The van der Waals surface area contributed by atoms with Crippen LogP contribution in [0.5, 0.6) is 0 Å². The van der Waals surface area contributed by atoms with E-state index in [4.69, 9.17) is 5.73 Å². The van der Waals surface area contributed by atoms with Crippen molar-refractivity contribution in [2.24, 2.45) is 11.7 Å². The fraction of sp³-hybridized carbons (Fsp3) is 0.444. The molecule has 1 fully saturated rings. The minimum atomic E-state index is -0.0564. The minimum absolute atomic E-state index is 0.0564. The van der Waals surface area contributed by atoms with Gasteiger partial charge in [-0.3, -0.25) is 4.79 Å². The second-order valence-corrected chi connectivity index (χ2v) is 7.31. The molecule has 1 aliphatic rings. The largest absolute Gasteiger partial charge is 0.349 e. The molecular formula is C18H23BrN4O. The lowest BCUT2D eigenvalue weighted by molar-refractivity contribution is 0.0907. The van der Waals surface area contributed by atoms with E-state index >= 15 is 0 Å². The van der Waals surface area contributed by atoms with Crippen LogP contribution in [0.4, 0.5) is 0 Å². The summed E-state index contributed by atoms with van der Waals surface area (Å²) in [6.07, 6.45) is 6.10. The first-order valence-corrected chi connectivity index (χ1v) is 9.21. The molecule has 1 aromatic carbocycles. The van der Waals surface area contributed by atoms with Gasteiger partial charge in [-0.05, 0) is 50.4 Å². The van der Waals surface area contributed by atoms with E-state index in [9.17, 15) is 4.79 Å². The quantitative estimate of drug-likeness (QED) is 0.841. The van der Waals surface area contributed by atoms with Gasteiger partial charge in [-0.2, -0.15) is 5.10 Å². The fourth-order valence-electron chi connectivity index (χ4n) is 3.43. The Bertz CT molecular complexity index is 728. The summed E-state index contributed by atoms with van der Waals surface area (Å²) in [6, 6.07) is 8.04. The second-order valence-electron chi connectivity index (χ2n) is 6.40. The zero-order valence-electron chi connectivity index (χ0n) is 13.8. The number of hydrogen-bond acceptors (Lipinski definition) is 3. The van der Waals surface area contributed by atoms with Gasteiger partial charge in [0, 0.05) is 10.5 Å². The number of hydrogen-bond donors (Lipinski definition) is 2. The van der Waals surface area contributed by atoms with Gasteiger partial charge in [0.05, 0.1) is 23.1 Å². The highest BCUT2D eigenvalue weighted by Crippen LogP contribution is 2.24. The van der Waals surface area contributed by atoms with Crippen LogP contribution in [0.3, 0.4) is 0 Å². The van der Waals surface area contributed by atoms with Gasteiger partial charge >= 0.3 is 0 Å². The molecule has 24 heavy (non-hydrogen) atoms. The van der Waals surface area contributed by atoms with Gasteiger partial charge < -0.3 is 11.1 Å². The highest BCUT2D eigenvalue weighted by molar-refractivity contribution is 9.10. The van der Waals surface area contributed by atoms with Gasteiger partial charge in [0.25, 0.3) is 5.91 Å². The van der Waals surface area contributed by atoms with Crippen molar-refractivity contribution < 1.29 is 4.79 Å². The van der Waals surface area contributed by atoms with Crippen molar-refractivity contribution in [2.45, 2.75) is 38.6 Å². The third-order valence-corrected chi connectivity index (χ3v) is 5.33. The molecule has 0 bridgehead atoms.